The molecule has 5 rings (SSSR count). The van der Waals surface area contributed by atoms with E-state index >= 15 is 0 Å². The lowest BCUT2D eigenvalue weighted by atomic mass is 9.84. The Morgan fingerprint density at radius 2 is 1.92 bits per heavy atom. The Bertz CT molecular complexity index is 1530. The smallest absolute Gasteiger partial charge is 0.340 e. The van der Waals surface area contributed by atoms with Crippen molar-refractivity contribution in [3.05, 3.63) is 76.7 Å². The van der Waals surface area contributed by atoms with Gasteiger partial charge in [0.15, 0.2) is 5.78 Å². The quantitative estimate of drug-likeness (QED) is 0.451. The van der Waals surface area contributed by atoms with Gasteiger partial charge in [-0.2, -0.15) is 0 Å². The number of benzene rings is 2. The second kappa shape index (κ2) is 9.25. The summed E-state index contributed by atoms with van der Waals surface area (Å²) >= 11 is 0. The molecule has 0 fully saturated rings. The molecule has 0 saturated carbocycles. The summed E-state index contributed by atoms with van der Waals surface area (Å²) in [5.41, 5.74) is 1.48. The number of aromatic nitrogens is 1. The fraction of sp³-hybridized carbons (Fsp3) is 0.310. The van der Waals surface area contributed by atoms with Gasteiger partial charge < -0.3 is 34.3 Å². The second-order valence-electron chi connectivity index (χ2n) is 9.83. The van der Waals surface area contributed by atoms with Crippen LogP contribution in [0.3, 0.4) is 0 Å². The molecule has 1 aliphatic carbocycles. The largest absolute Gasteiger partial charge is 0.509 e. The van der Waals surface area contributed by atoms with E-state index in [2.05, 4.69) is 0 Å². The molecule has 0 amide bonds. The molecule has 2 aromatic carbocycles. The van der Waals surface area contributed by atoms with Crippen LogP contribution in [0.5, 0.6) is 11.5 Å². The Morgan fingerprint density at radius 3 is 2.58 bits per heavy atom. The predicted molar refractivity (Wildman–Crippen MR) is 141 cm³/mol. The van der Waals surface area contributed by atoms with Crippen LogP contribution in [0.2, 0.25) is 0 Å². The molecule has 2 aliphatic rings. The summed E-state index contributed by atoms with van der Waals surface area (Å²) < 4.78 is 12.9. The number of ketones is 1. The van der Waals surface area contributed by atoms with E-state index in [-0.39, 0.29) is 30.2 Å². The molecule has 2 atom stereocenters. The van der Waals surface area contributed by atoms with Gasteiger partial charge in [-0.1, -0.05) is 6.92 Å². The number of ether oxygens (including phenoxy) is 2. The number of hydrogen-bond donors (Lipinski definition) is 3. The molecule has 2 heterocycles. The van der Waals surface area contributed by atoms with Gasteiger partial charge in [0.05, 0.1) is 26.5 Å². The van der Waals surface area contributed by atoms with Crippen LogP contribution in [0, 0.1) is 0 Å². The Balaban J connectivity index is 1.82. The summed E-state index contributed by atoms with van der Waals surface area (Å²) in [5.74, 6) is -1.45. The van der Waals surface area contributed by atoms with E-state index in [9.17, 15) is 24.9 Å². The lowest BCUT2D eigenvalue weighted by molar-refractivity contribution is -0.152. The number of nitrogens with zero attached hydrogens (tertiary/aromatic N) is 2. The summed E-state index contributed by atoms with van der Waals surface area (Å²) in [6.07, 6.45) is 3.34. The third kappa shape index (κ3) is 3.65. The van der Waals surface area contributed by atoms with Gasteiger partial charge in [0.2, 0.25) is 5.54 Å². The molecule has 198 valence electrons. The SMILES string of the molecule is COc1ccc(CN2C3=C(C=C(O)C2(CO)C(=O)O)C(=O)CC(C)c2cc4c(ccn4C)cc23)c(OC)c1. The minimum absolute atomic E-state index is 0.0787. The fourth-order valence-corrected chi connectivity index (χ4v) is 5.57. The highest BCUT2D eigenvalue weighted by Gasteiger charge is 2.53. The maximum absolute atomic E-state index is 13.5. The first-order chi connectivity index (χ1) is 18.2. The molecular formula is C29H30N2O7. The zero-order chi connectivity index (χ0) is 27.4. The Labute approximate surface area is 219 Å². The maximum atomic E-state index is 13.5. The lowest BCUT2D eigenvalue weighted by Gasteiger charge is -2.45. The number of aryl methyl sites for hydroxylation is 1. The molecule has 3 N–H and O–H groups in total. The van der Waals surface area contributed by atoms with Crippen LogP contribution < -0.4 is 9.47 Å². The third-order valence-corrected chi connectivity index (χ3v) is 7.73. The third-order valence-electron chi connectivity index (χ3n) is 7.73. The number of aliphatic hydroxyl groups is 2. The van der Waals surface area contributed by atoms with Gasteiger partial charge in [0.1, 0.15) is 17.3 Å². The van der Waals surface area contributed by atoms with Crippen LogP contribution >= 0.6 is 0 Å². The number of Topliss-reactive ketones (excluding diaryl/α,β-unsaturated/α-hetero) is 1. The van der Waals surface area contributed by atoms with E-state index in [0.717, 1.165) is 16.5 Å². The highest BCUT2D eigenvalue weighted by atomic mass is 16.5. The summed E-state index contributed by atoms with van der Waals surface area (Å²) in [4.78, 5) is 27.8. The highest BCUT2D eigenvalue weighted by Crippen LogP contribution is 2.47. The summed E-state index contributed by atoms with van der Waals surface area (Å²) in [6.45, 7) is 0.956. The predicted octanol–water partition coefficient (Wildman–Crippen LogP) is 3.76. The molecule has 1 aromatic heterocycles. The standard InChI is InChI=1S/C29H30N2O7/c1-16-9-24(33)22-13-26(34)29(15-32,28(35)36)31(14-18-5-6-19(37-3)11-25(18)38-4)27(22)21-10-17-7-8-30(2)23(17)12-20(16)21/h5-8,10-13,16,32,34H,9,14-15H2,1-4H3,(H,35,36). The molecule has 0 radical (unpaired) electrons. The number of aliphatic hydroxyl groups excluding tert-OH is 2. The number of fused-ring (bicyclic) bond motifs is 3. The van der Waals surface area contributed by atoms with E-state index in [1.165, 1.54) is 25.2 Å². The van der Waals surface area contributed by atoms with E-state index in [0.29, 0.717) is 28.3 Å². The Hall–Kier alpha value is -4.24. The van der Waals surface area contributed by atoms with Crippen molar-refractivity contribution < 1.29 is 34.4 Å². The van der Waals surface area contributed by atoms with Crippen LogP contribution in [0.25, 0.3) is 16.6 Å². The number of carboxylic acids is 1. The highest BCUT2D eigenvalue weighted by molar-refractivity contribution is 6.09. The molecule has 9 nitrogen and oxygen atoms in total. The van der Waals surface area contributed by atoms with E-state index in [4.69, 9.17) is 9.47 Å². The van der Waals surface area contributed by atoms with Crippen LogP contribution in [0.1, 0.15) is 36.0 Å². The number of carboxylic acid groups (broad SMARTS) is 1. The molecule has 0 spiro atoms. The first-order valence-corrected chi connectivity index (χ1v) is 12.3. The molecule has 2 unspecified atom stereocenters. The van der Waals surface area contributed by atoms with Crippen molar-refractivity contribution in [3.63, 3.8) is 0 Å². The molecule has 1 aliphatic heterocycles. The van der Waals surface area contributed by atoms with Crippen molar-refractivity contribution in [1.29, 1.82) is 0 Å². The molecule has 0 bridgehead atoms. The first kappa shape index (κ1) is 25.4. The number of carbonyl (C=O) groups excluding carboxylic acids is 1. The first-order valence-electron chi connectivity index (χ1n) is 12.3. The van der Waals surface area contributed by atoms with E-state index < -0.39 is 23.9 Å². The van der Waals surface area contributed by atoms with Crippen molar-refractivity contribution in [2.75, 3.05) is 20.8 Å². The van der Waals surface area contributed by atoms with Gasteiger partial charge in [0, 0.05) is 59.9 Å². The minimum atomic E-state index is -2.22. The van der Waals surface area contributed by atoms with Crippen molar-refractivity contribution >= 4 is 28.4 Å². The number of allylic oxidation sites excluding steroid dienone is 2. The number of carbonyl (C=O) groups is 2. The fourth-order valence-electron chi connectivity index (χ4n) is 5.57. The molecule has 9 heteroatoms. The van der Waals surface area contributed by atoms with Crippen LogP contribution in [0.15, 0.2) is 60.0 Å². The summed E-state index contributed by atoms with van der Waals surface area (Å²) in [5, 5.41) is 33.1. The van der Waals surface area contributed by atoms with Gasteiger partial charge in [-0.05, 0) is 47.9 Å². The zero-order valence-corrected chi connectivity index (χ0v) is 21.7. The molecule has 38 heavy (non-hydrogen) atoms. The van der Waals surface area contributed by atoms with Crippen molar-refractivity contribution in [3.8, 4) is 11.5 Å². The van der Waals surface area contributed by atoms with Crippen molar-refractivity contribution in [1.82, 2.24) is 9.47 Å². The van der Waals surface area contributed by atoms with Crippen molar-refractivity contribution in [2.24, 2.45) is 7.05 Å². The van der Waals surface area contributed by atoms with Gasteiger partial charge in [-0.3, -0.25) is 4.79 Å². The zero-order valence-electron chi connectivity index (χ0n) is 21.7. The number of rotatable bonds is 6. The van der Waals surface area contributed by atoms with Gasteiger partial charge in [0.25, 0.3) is 0 Å². The van der Waals surface area contributed by atoms with Crippen molar-refractivity contribution in [2.45, 2.75) is 31.3 Å². The minimum Gasteiger partial charge on any atom is -0.509 e. The average Bonchev–Trinajstić information content (AvgIpc) is 3.22. The monoisotopic (exact) mass is 518 g/mol. The molecule has 3 aromatic rings. The normalized spacial score (nSPS) is 21.1. The number of aliphatic carboxylic acids is 1. The molecular weight excluding hydrogens is 488 g/mol. The van der Waals surface area contributed by atoms with Gasteiger partial charge in [-0.25, -0.2) is 4.79 Å². The van der Waals surface area contributed by atoms with Gasteiger partial charge in [-0.15, -0.1) is 0 Å². The van der Waals surface area contributed by atoms with Crippen LogP contribution in [-0.4, -0.2) is 62.9 Å². The second-order valence-corrected chi connectivity index (χ2v) is 9.83. The Morgan fingerprint density at radius 1 is 1.16 bits per heavy atom. The summed E-state index contributed by atoms with van der Waals surface area (Å²) in [6, 6.07) is 11.1. The average molecular weight is 519 g/mol. The maximum Gasteiger partial charge on any atom is 0.340 e. The molecule has 0 saturated heterocycles. The van der Waals surface area contributed by atoms with Crippen LogP contribution in [-0.2, 0) is 23.2 Å². The lowest BCUT2D eigenvalue weighted by Crippen LogP contribution is -2.59. The van der Waals surface area contributed by atoms with E-state index in [1.54, 1.807) is 18.2 Å². The van der Waals surface area contributed by atoms with Gasteiger partial charge >= 0.3 is 5.97 Å². The number of hydrogen-bond acceptors (Lipinski definition) is 7. The Kier molecular flexibility index (Phi) is 6.19. The topological polar surface area (TPSA) is 121 Å². The van der Waals surface area contributed by atoms with Crippen LogP contribution in [0.4, 0.5) is 0 Å². The summed E-state index contributed by atoms with van der Waals surface area (Å²) in [7, 11) is 4.96. The number of methoxy groups -OCH3 is 2. The van der Waals surface area contributed by atoms with E-state index in [1.807, 2.05) is 42.9 Å².